The summed E-state index contributed by atoms with van der Waals surface area (Å²) in [6.07, 6.45) is 3.34. The first-order valence-electron chi connectivity index (χ1n) is 6.96. The fourth-order valence-corrected chi connectivity index (χ4v) is 2.40. The standard InChI is InChI=1S/C14H19N5O/c1-11(10-19-6-8-20-9-7-19)17-13-3-2-12-14(18-13)16-5-4-15-12/h2-5,11H,6-10H2,1H3,(H,16,17,18). The first-order chi connectivity index (χ1) is 9.81. The van der Waals surface area contributed by atoms with E-state index < -0.39 is 0 Å². The van der Waals surface area contributed by atoms with Crippen LogP contribution in [0, 0.1) is 0 Å². The molecule has 0 radical (unpaired) electrons. The molecule has 0 spiro atoms. The van der Waals surface area contributed by atoms with Gasteiger partial charge in [0, 0.05) is 38.1 Å². The minimum Gasteiger partial charge on any atom is -0.379 e. The van der Waals surface area contributed by atoms with Crippen LogP contribution in [-0.2, 0) is 4.74 Å². The first-order valence-corrected chi connectivity index (χ1v) is 6.96. The van der Waals surface area contributed by atoms with Gasteiger partial charge in [-0.3, -0.25) is 9.88 Å². The molecule has 6 heteroatoms. The summed E-state index contributed by atoms with van der Waals surface area (Å²) in [7, 11) is 0. The van der Waals surface area contributed by atoms with Crippen molar-refractivity contribution < 1.29 is 4.74 Å². The van der Waals surface area contributed by atoms with E-state index in [2.05, 4.69) is 32.1 Å². The molecule has 1 saturated heterocycles. The van der Waals surface area contributed by atoms with Crippen molar-refractivity contribution in [2.24, 2.45) is 0 Å². The molecule has 3 rings (SSSR count). The van der Waals surface area contributed by atoms with Crippen LogP contribution in [0.25, 0.3) is 11.2 Å². The van der Waals surface area contributed by atoms with Gasteiger partial charge in [0.05, 0.1) is 13.2 Å². The van der Waals surface area contributed by atoms with Crippen molar-refractivity contribution in [2.75, 3.05) is 38.2 Å². The number of hydrogen-bond donors (Lipinski definition) is 1. The summed E-state index contributed by atoms with van der Waals surface area (Å²) in [5, 5.41) is 3.42. The molecule has 0 aromatic carbocycles. The van der Waals surface area contributed by atoms with Crippen LogP contribution in [-0.4, -0.2) is 58.7 Å². The molecule has 2 aromatic rings. The third-order valence-corrected chi connectivity index (χ3v) is 3.36. The molecule has 3 heterocycles. The highest BCUT2D eigenvalue weighted by Gasteiger charge is 2.13. The lowest BCUT2D eigenvalue weighted by Gasteiger charge is -2.29. The number of morpholine rings is 1. The lowest BCUT2D eigenvalue weighted by atomic mass is 10.2. The van der Waals surface area contributed by atoms with E-state index in [-0.39, 0.29) is 0 Å². The van der Waals surface area contributed by atoms with Crippen LogP contribution >= 0.6 is 0 Å². The van der Waals surface area contributed by atoms with Crippen molar-refractivity contribution in [3.05, 3.63) is 24.5 Å². The number of ether oxygens (including phenoxy) is 1. The van der Waals surface area contributed by atoms with Crippen LogP contribution in [0.2, 0.25) is 0 Å². The van der Waals surface area contributed by atoms with Crippen molar-refractivity contribution in [3.8, 4) is 0 Å². The topological polar surface area (TPSA) is 63.2 Å². The molecule has 1 fully saturated rings. The van der Waals surface area contributed by atoms with Crippen molar-refractivity contribution in [2.45, 2.75) is 13.0 Å². The summed E-state index contributed by atoms with van der Waals surface area (Å²) in [5.74, 6) is 0.846. The van der Waals surface area contributed by atoms with Gasteiger partial charge in [0.1, 0.15) is 11.3 Å². The lowest BCUT2D eigenvalue weighted by Crippen LogP contribution is -2.42. The molecule has 1 aliphatic rings. The SMILES string of the molecule is CC(CN1CCOCC1)Nc1ccc2nccnc2n1. The van der Waals surface area contributed by atoms with E-state index in [1.807, 2.05) is 12.1 Å². The third kappa shape index (κ3) is 3.20. The number of nitrogens with one attached hydrogen (secondary N) is 1. The van der Waals surface area contributed by atoms with E-state index in [4.69, 9.17) is 4.74 Å². The normalized spacial score (nSPS) is 18.1. The number of aromatic nitrogens is 3. The van der Waals surface area contributed by atoms with E-state index in [0.717, 1.165) is 44.2 Å². The molecule has 0 bridgehead atoms. The first kappa shape index (κ1) is 13.2. The molecular weight excluding hydrogens is 254 g/mol. The van der Waals surface area contributed by atoms with Gasteiger partial charge in [-0.05, 0) is 19.1 Å². The molecule has 6 nitrogen and oxygen atoms in total. The summed E-state index contributed by atoms with van der Waals surface area (Å²) in [6, 6.07) is 4.22. The highest BCUT2D eigenvalue weighted by molar-refractivity contribution is 5.71. The van der Waals surface area contributed by atoms with Crippen LogP contribution < -0.4 is 5.32 Å². The number of rotatable bonds is 4. The van der Waals surface area contributed by atoms with E-state index in [0.29, 0.717) is 11.7 Å². The molecule has 1 N–H and O–H groups in total. The largest absolute Gasteiger partial charge is 0.379 e. The van der Waals surface area contributed by atoms with Gasteiger partial charge < -0.3 is 10.1 Å². The zero-order valence-electron chi connectivity index (χ0n) is 11.6. The Morgan fingerprint density at radius 1 is 1.25 bits per heavy atom. The van der Waals surface area contributed by atoms with Crippen molar-refractivity contribution >= 4 is 17.0 Å². The van der Waals surface area contributed by atoms with Gasteiger partial charge in [-0.2, -0.15) is 0 Å². The highest BCUT2D eigenvalue weighted by atomic mass is 16.5. The number of pyridine rings is 1. The van der Waals surface area contributed by atoms with Gasteiger partial charge in [-0.25, -0.2) is 9.97 Å². The monoisotopic (exact) mass is 273 g/mol. The van der Waals surface area contributed by atoms with E-state index in [9.17, 15) is 0 Å². The molecule has 1 atom stereocenters. The highest BCUT2D eigenvalue weighted by Crippen LogP contribution is 2.11. The van der Waals surface area contributed by atoms with Gasteiger partial charge in [0.15, 0.2) is 5.65 Å². The van der Waals surface area contributed by atoms with Crippen LogP contribution in [0.15, 0.2) is 24.5 Å². The van der Waals surface area contributed by atoms with Crippen molar-refractivity contribution in [1.82, 2.24) is 19.9 Å². The molecule has 0 amide bonds. The average molecular weight is 273 g/mol. The molecule has 2 aromatic heterocycles. The molecule has 1 unspecified atom stereocenters. The zero-order chi connectivity index (χ0) is 13.8. The predicted octanol–water partition coefficient (Wildman–Crippen LogP) is 1.16. The maximum atomic E-state index is 5.36. The maximum Gasteiger partial charge on any atom is 0.180 e. The maximum absolute atomic E-state index is 5.36. The summed E-state index contributed by atoms with van der Waals surface area (Å²) in [4.78, 5) is 15.3. The van der Waals surface area contributed by atoms with Gasteiger partial charge in [0.2, 0.25) is 0 Å². The number of fused-ring (bicyclic) bond motifs is 1. The van der Waals surface area contributed by atoms with Crippen LogP contribution in [0.4, 0.5) is 5.82 Å². The zero-order valence-corrected chi connectivity index (χ0v) is 11.6. The molecule has 0 saturated carbocycles. The summed E-state index contributed by atoms with van der Waals surface area (Å²) < 4.78 is 5.36. The third-order valence-electron chi connectivity index (χ3n) is 3.36. The fourth-order valence-electron chi connectivity index (χ4n) is 2.40. The Bertz CT molecular complexity index is 570. The quantitative estimate of drug-likeness (QED) is 0.902. The predicted molar refractivity (Wildman–Crippen MR) is 77.7 cm³/mol. The molecule has 20 heavy (non-hydrogen) atoms. The van der Waals surface area contributed by atoms with Crippen LogP contribution in [0.3, 0.4) is 0 Å². The van der Waals surface area contributed by atoms with Gasteiger partial charge >= 0.3 is 0 Å². The second kappa shape index (κ2) is 6.11. The lowest BCUT2D eigenvalue weighted by molar-refractivity contribution is 0.0368. The van der Waals surface area contributed by atoms with Gasteiger partial charge in [-0.15, -0.1) is 0 Å². The van der Waals surface area contributed by atoms with E-state index >= 15 is 0 Å². The Hall–Kier alpha value is -1.79. The number of nitrogens with zero attached hydrogens (tertiary/aromatic N) is 4. The Balaban J connectivity index is 1.62. The minimum atomic E-state index is 0.328. The number of anilines is 1. The summed E-state index contributed by atoms with van der Waals surface area (Å²) in [6.45, 7) is 6.82. The Labute approximate surface area is 118 Å². The molecule has 106 valence electrons. The van der Waals surface area contributed by atoms with Crippen LogP contribution in [0.5, 0.6) is 0 Å². The summed E-state index contributed by atoms with van der Waals surface area (Å²) >= 11 is 0. The van der Waals surface area contributed by atoms with Gasteiger partial charge in [-0.1, -0.05) is 0 Å². The Morgan fingerprint density at radius 2 is 2.05 bits per heavy atom. The smallest absolute Gasteiger partial charge is 0.180 e. The van der Waals surface area contributed by atoms with E-state index in [1.165, 1.54) is 0 Å². The van der Waals surface area contributed by atoms with Gasteiger partial charge in [0.25, 0.3) is 0 Å². The molecule has 0 aliphatic carbocycles. The van der Waals surface area contributed by atoms with E-state index in [1.54, 1.807) is 12.4 Å². The molecule has 1 aliphatic heterocycles. The molecular formula is C14H19N5O. The fraction of sp³-hybridized carbons (Fsp3) is 0.500. The summed E-state index contributed by atoms with van der Waals surface area (Å²) in [5.41, 5.74) is 1.50. The second-order valence-electron chi connectivity index (χ2n) is 5.05. The second-order valence-corrected chi connectivity index (χ2v) is 5.05. The Morgan fingerprint density at radius 3 is 2.90 bits per heavy atom. The number of hydrogen-bond acceptors (Lipinski definition) is 6. The van der Waals surface area contributed by atoms with Crippen LogP contribution in [0.1, 0.15) is 6.92 Å². The minimum absolute atomic E-state index is 0.328. The average Bonchev–Trinajstić information content (AvgIpc) is 2.48. The van der Waals surface area contributed by atoms with Crippen molar-refractivity contribution in [1.29, 1.82) is 0 Å². The van der Waals surface area contributed by atoms with Crippen molar-refractivity contribution in [3.63, 3.8) is 0 Å². The Kier molecular flexibility index (Phi) is 4.03.